The maximum atomic E-state index is 13.9. The predicted octanol–water partition coefficient (Wildman–Crippen LogP) is 7.76. The van der Waals surface area contributed by atoms with E-state index in [1.54, 1.807) is 0 Å². The lowest BCUT2D eigenvalue weighted by molar-refractivity contribution is -0.384. The second-order valence-corrected chi connectivity index (χ2v) is 11.6. The summed E-state index contributed by atoms with van der Waals surface area (Å²) < 4.78 is 48.5. The molecule has 0 unspecified atom stereocenters. The number of benzene rings is 2. The molecule has 0 aliphatic carbocycles. The molecule has 0 atom stereocenters. The molecule has 3 rings (SSSR count). The highest BCUT2D eigenvalue weighted by atomic mass is 19.4. The molecule has 1 amide bonds. The summed E-state index contributed by atoms with van der Waals surface area (Å²) in [5.74, 6) is -0.0902. The number of carbonyl (C=O) groups excluding carboxylic acids is 1. The Morgan fingerprint density at radius 3 is 2.21 bits per heavy atom. The number of nitrogens with zero attached hydrogens (tertiary/aromatic N) is 3. The Kier molecular flexibility index (Phi) is 10.1. The van der Waals surface area contributed by atoms with Crippen molar-refractivity contribution in [2.45, 2.75) is 84.2 Å². The van der Waals surface area contributed by atoms with Crippen LogP contribution in [0.5, 0.6) is 5.75 Å². The number of hydrogen-bond acceptors (Lipinski definition) is 5. The van der Waals surface area contributed by atoms with Crippen molar-refractivity contribution < 1.29 is 27.6 Å². The number of aromatic nitrogens is 2. The average Bonchev–Trinajstić information content (AvgIpc) is 3.41. The van der Waals surface area contributed by atoms with E-state index in [0.717, 1.165) is 54.6 Å². The quantitative estimate of drug-likeness (QED) is 0.125. The van der Waals surface area contributed by atoms with Crippen molar-refractivity contribution in [2.75, 3.05) is 13.2 Å². The van der Waals surface area contributed by atoms with Crippen molar-refractivity contribution in [2.24, 2.45) is 0 Å². The van der Waals surface area contributed by atoms with Crippen LogP contribution in [0, 0.1) is 10.1 Å². The number of nitrogens with one attached hydrogen (secondary N) is 1. The third kappa shape index (κ3) is 7.49. The Bertz CT molecular complexity index is 1400. The number of rotatable bonds is 13. The monoisotopic (exact) mass is 588 g/mol. The molecule has 0 aliphatic heterocycles. The largest absolute Gasteiger partial charge is 0.493 e. The second-order valence-electron chi connectivity index (χ2n) is 11.6. The summed E-state index contributed by atoms with van der Waals surface area (Å²) in [6.07, 6.45) is -1.01. The molecule has 1 heterocycles. The van der Waals surface area contributed by atoms with Gasteiger partial charge in [-0.2, -0.15) is 18.3 Å². The topological polar surface area (TPSA) is 99.3 Å². The summed E-state index contributed by atoms with van der Waals surface area (Å²) in [5.41, 5.74) is 0.147. The van der Waals surface area contributed by atoms with Gasteiger partial charge in [-0.25, -0.2) is 4.68 Å². The fraction of sp³-hybridized carbons (Fsp3) is 0.484. The van der Waals surface area contributed by atoms with Crippen LogP contribution in [0.1, 0.15) is 94.4 Å². The number of unbranched alkanes of at least 4 members (excludes halogenated alkanes) is 1. The highest BCUT2D eigenvalue weighted by Gasteiger charge is 2.40. The molecular weight excluding hydrogens is 549 g/mol. The van der Waals surface area contributed by atoms with E-state index in [-0.39, 0.29) is 28.7 Å². The number of carbonyl (C=O) groups is 1. The molecule has 11 heteroatoms. The van der Waals surface area contributed by atoms with Crippen molar-refractivity contribution in [1.29, 1.82) is 0 Å². The number of hydrogen-bond donors (Lipinski definition) is 1. The van der Waals surface area contributed by atoms with Gasteiger partial charge in [0, 0.05) is 24.2 Å². The molecule has 8 nitrogen and oxygen atoms in total. The molecule has 1 aromatic heterocycles. The minimum Gasteiger partial charge on any atom is -0.493 e. The standard InChI is InChI=1S/C31H39F3N4O4/c1-7-29(3,4)21-11-16-26(25(19-21)30(5,6)8-2)42-18-10-9-17-35-28(39)24-20-36-37(27(24)31(32,33)34)22-12-14-23(15-13-22)38(40)41/h11-16,19-20H,7-10,17-18H2,1-6H3,(H,35,39). The van der Waals surface area contributed by atoms with Crippen LogP contribution in [-0.4, -0.2) is 33.8 Å². The average molecular weight is 589 g/mol. The molecule has 0 aliphatic rings. The van der Waals surface area contributed by atoms with Crippen molar-refractivity contribution in [1.82, 2.24) is 15.1 Å². The number of nitro benzene ring substituents is 1. The van der Waals surface area contributed by atoms with E-state index in [0.29, 0.717) is 24.1 Å². The Labute approximate surface area is 244 Å². The first-order valence-electron chi connectivity index (χ1n) is 14.1. The van der Waals surface area contributed by atoms with Gasteiger partial charge in [0.2, 0.25) is 0 Å². The van der Waals surface area contributed by atoms with Crippen LogP contribution in [0.2, 0.25) is 0 Å². The molecule has 228 valence electrons. The third-order valence-corrected chi connectivity index (χ3v) is 7.96. The van der Waals surface area contributed by atoms with E-state index in [1.807, 2.05) is 6.07 Å². The summed E-state index contributed by atoms with van der Waals surface area (Å²) >= 11 is 0. The van der Waals surface area contributed by atoms with Crippen molar-refractivity contribution in [3.63, 3.8) is 0 Å². The van der Waals surface area contributed by atoms with Crippen LogP contribution in [0.15, 0.2) is 48.7 Å². The number of non-ortho nitro benzene ring substituents is 1. The van der Waals surface area contributed by atoms with Crippen molar-refractivity contribution >= 4 is 11.6 Å². The van der Waals surface area contributed by atoms with Gasteiger partial charge in [-0.1, -0.05) is 53.7 Å². The molecule has 42 heavy (non-hydrogen) atoms. The predicted molar refractivity (Wildman–Crippen MR) is 155 cm³/mol. The Morgan fingerprint density at radius 1 is 1.00 bits per heavy atom. The number of halogens is 3. The van der Waals surface area contributed by atoms with E-state index in [4.69, 9.17) is 4.74 Å². The fourth-order valence-corrected chi connectivity index (χ4v) is 4.41. The van der Waals surface area contributed by atoms with E-state index in [1.165, 1.54) is 5.56 Å². The van der Waals surface area contributed by atoms with E-state index >= 15 is 0 Å². The van der Waals surface area contributed by atoms with Crippen LogP contribution in [0.4, 0.5) is 18.9 Å². The van der Waals surface area contributed by atoms with E-state index < -0.39 is 28.3 Å². The molecule has 0 radical (unpaired) electrons. The smallest absolute Gasteiger partial charge is 0.434 e. The first kappa shape index (κ1) is 32.6. The third-order valence-electron chi connectivity index (χ3n) is 7.96. The van der Waals surface area contributed by atoms with Gasteiger partial charge in [-0.3, -0.25) is 14.9 Å². The molecule has 0 saturated carbocycles. The SMILES string of the molecule is CCC(C)(C)c1ccc(OCCCCNC(=O)c2cnn(-c3ccc([N+](=O)[O-])cc3)c2C(F)(F)F)c(C(C)(C)CC)c1. The second kappa shape index (κ2) is 13.0. The van der Waals surface area contributed by atoms with Gasteiger partial charge in [0.15, 0.2) is 5.69 Å². The molecule has 2 aromatic carbocycles. The lowest BCUT2D eigenvalue weighted by Crippen LogP contribution is -2.27. The molecule has 0 fully saturated rings. The summed E-state index contributed by atoms with van der Waals surface area (Å²) in [6, 6.07) is 10.8. The first-order chi connectivity index (χ1) is 19.6. The number of amides is 1. The number of ether oxygens (including phenoxy) is 1. The fourth-order valence-electron chi connectivity index (χ4n) is 4.41. The van der Waals surface area contributed by atoms with Gasteiger partial charge in [0.25, 0.3) is 11.6 Å². The van der Waals surface area contributed by atoms with Gasteiger partial charge in [0.1, 0.15) is 5.75 Å². The number of nitro groups is 1. The van der Waals surface area contributed by atoms with E-state index in [9.17, 15) is 28.1 Å². The lowest BCUT2D eigenvalue weighted by Gasteiger charge is -2.30. The van der Waals surface area contributed by atoms with Gasteiger partial charge >= 0.3 is 6.18 Å². The number of alkyl halides is 3. The maximum Gasteiger partial charge on any atom is 0.434 e. The molecule has 0 spiro atoms. The minimum atomic E-state index is -4.88. The molecular formula is C31H39F3N4O4. The molecule has 1 N–H and O–H groups in total. The van der Waals surface area contributed by atoms with Crippen molar-refractivity contribution in [3.8, 4) is 11.4 Å². The minimum absolute atomic E-state index is 0.0413. The van der Waals surface area contributed by atoms with Crippen LogP contribution >= 0.6 is 0 Å². The lowest BCUT2D eigenvalue weighted by atomic mass is 9.76. The van der Waals surface area contributed by atoms with Crippen LogP contribution in [0.3, 0.4) is 0 Å². The Hall–Kier alpha value is -3.89. The van der Waals surface area contributed by atoms with E-state index in [2.05, 4.69) is 64.1 Å². The zero-order valence-electron chi connectivity index (χ0n) is 25.0. The molecule has 0 bridgehead atoms. The highest BCUT2D eigenvalue weighted by Crippen LogP contribution is 2.38. The zero-order chi connectivity index (χ0) is 31.3. The summed E-state index contributed by atoms with van der Waals surface area (Å²) in [5, 5.41) is 17.2. The van der Waals surface area contributed by atoms with Crippen LogP contribution in [0.25, 0.3) is 5.69 Å². The van der Waals surface area contributed by atoms with Gasteiger partial charge < -0.3 is 10.1 Å². The Morgan fingerprint density at radius 2 is 1.64 bits per heavy atom. The maximum absolute atomic E-state index is 13.9. The summed E-state index contributed by atoms with van der Waals surface area (Å²) in [6.45, 7) is 13.7. The normalized spacial score (nSPS) is 12.3. The zero-order valence-corrected chi connectivity index (χ0v) is 25.0. The highest BCUT2D eigenvalue weighted by molar-refractivity contribution is 5.95. The molecule has 3 aromatic rings. The van der Waals surface area contributed by atoms with Gasteiger partial charge in [-0.05, 0) is 60.3 Å². The van der Waals surface area contributed by atoms with Gasteiger partial charge in [-0.15, -0.1) is 0 Å². The van der Waals surface area contributed by atoms with Gasteiger partial charge in [0.05, 0.1) is 29.0 Å². The first-order valence-corrected chi connectivity index (χ1v) is 14.1. The summed E-state index contributed by atoms with van der Waals surface area (Å²) in [7, 11) is 0. The Balaban J connectivity index is 1.63. The molecule has 0 saturated heterocycles. The summed E-state index contributed by atoms with van der Waals surface area (Å²) in [4.78, 5) is 22.9. The van der Waals surface area contributed by atoms with Crippen LogP contribution in [-0.2, 0) is 17.0 Å². The van der Waals surface area contributed by atoms with Crippen LogP contribution < -0.4 is 10.1 Å². The van der Waals surface area contributed by atoms with Crippen molar-refractivity contribution in [3.05, 3.63) is 81.2 Å².